The van der Waals surface area contributed by atoms with Crippen LogP contribution in [0, 0.1) is 0 Å². The second kappa shape index (κ2) is 6.80. The van der Waals surface area contributed by atoms with E-state index in [-0.39, 0.29) is 11.9 Å². The molecule has 0 aromatic carbocycles. The molecular weight excluding hydrogens is 356 g/mol. The second-order valence-electron chi connectivity index (χ2n) is 6.66. The lowest BCUT2D eigenvalue weighted by molar-refractivity contribution is 0.0624. The molecule has 8 nitrogen and oxygen atoms in total. The predicted molar refractivity (Wildman–Crippen MR) is 101 cm³/mol. The van der Waals surface area contributed by atoms with Crippen LogP contribution < -0.4 is 4.74 Å². The fourth-order valence-electron chi connectivity index (χ4n) is 3.53. The molecule has 4 aromatic heterocycles. The monoisotopic (exact) mass is 374 g/mol. The molecular formula is C20H18N6O2. The fourth-order valence-corrected chi connectivity index (χ4v) is 3.53. The fraction of sp³-hybridized carbons (Fsp3) is 0.200. The van der Waals surface area contributed by atoms with Gasteiger partial charge in [-0.25, -0.2) is 9.97 Å². The number of amides is 1. The molecule has 0 radical (unpaired) electrons. The van der Waals surface area contributed by atoms with Crippen molar-refractivity contribution < 1.29 is 9.53 Å². The van der Waals surface area contributed by atoms with Crippen molar-refractivity contribution in [2.45, 2.75) is 12.6 Å². The summed E-state index contributed by atoms with van der Waals surface area (Å²) in [5, 5.41) is 4.42. The Morgan fingerprint density at radius 1 is 1.11 bits per heavy atom. The van der Waals surface area contributed by atoms with Gasteiger partial charge in [-0.15, -0.1) is 0 Å². The van der Waals surface area contributed by atoms with E-state index in [1.807, 2.05) is 62.6 Å². The maximum atomic E-state index is 13.2. The molecule has 5 rings (SSSR count). The number of hydrogen-bond acceptors (Lipinski definition) is 5. The number of carbonyl (C=O) groups is 1. The number of nitrogens with zero attached hydrogens (tertiary/aromatic N) is 6. The highest BCUT2D eigenvalue weighted by Crippen LogP contribution is 2.23. The minimum Gasteiger partial charge on any atom is -0.475 e. The molecule has 1 amide bonds. The largest absolute Gasteiger partial charge is 0.475 e. The van der Waals surface area contributed by atoms with E-state index in [9.17, 15) is 4.79 Å². The number of fused-ring (bicyclic) bond motifs is 2. The maximum Gasteiger partial charge on any atom is 0.272 e. The summed E-state index contributed by atoms with van der Waals surface area (Å²) in [7, 11) is 0. The standard InChI is InChI=1S/C20H18N6O2/c27-20(17-11-22-18-5-2-4-10-25(17)18)24-12-15-7-9-23-26(15)16(13-24)14-28-19-6-1-3-8-21-19/h1-11,16H,12-14H2/t16-/m1/s1. The third kappa shape index (κ3) is 2.88. The predicted octanol–water partition coefficient (Wildman–Crippen LogP) is 2.20. The molecule has 8 heteroatoms. The maximum absolute atomic E-state index is 13.2. The quantitative estimate of drug-likeness (QED) is 0.547. The van der Waals surface area contributed by atoms with Crippen LogP contribution in [-0.4, -0.2) is 48.1 Å². The van der Waals surface area contributed by atoms with Gasteiger partial charge in [0.1, 0.15) is 24.0 Å². The lowest BCUT2D eigenvalue weighted by Gasteiger charge is -2.33. The first-order valence-electron chi connectivity index (χ1n) is 9.07. The first-order valence-corrected chi connectivity index (χ1v) is 9.07. The highest BCUT2D eigenvalue weighted by Gasteiger charge is 2.30. The van der Waals surface area contributed by atoms with Crippen molar-refractivity contribution in [1.82, 2.24) is 29.0 Å². The molecule has 0 aliphatic carbocycles. The van der Waals surface area contributed by atoms with Crippen LogP contribution in [0.4, 0.5) is 0 Å². The summed E-state index contributed by atoms with van der Waals surface area (Å²) < 4.78 is 9.58. The summed E-state index contributed by atoms with van der Waals surface area (Å²) in [6.07, 6.45) is 6.93. The molecule has 28 heavy (non-hydrogen) atoms. The average Bonchev–Trinajstić information content (AvgIpc) is 3.39. The number of aromatic nitrogens is 5. The van der Waals surface area contributed by atoms with Crippen molar-refractivity contribution in [1.29, 1.82) is 0 Å². The molecule has 0 saturated heterocycles. The summed E-state index contributed by atoms with van der Waals surface area (Å²) in [5.41, 5.74) is 2.28. The molecule has 1 atom stereocenters. The molecule has 1 aliphatic heterocycles. The highest BCUT2D eigenvalue weighted by molar-refractivity contribution is 5.93. The van der Waals surface area contributed by atoms with Gasteiger partial charge in [0.15, 0.2) is 0 Å². The van der Waals surface area contributed by atoms with Crippen LogP contribution >= 0.6 is 0 Å². The molecule has 140 valence electrons. The van der Waals surface area contributed by atoms with Crippen LogP contribution in [0.1, 0.15) is 22.2 Å². The Labute approximate surface area is 161 Å². The summed E-state index contributed by atoms with van der Waals surface area (Å²) in [4.78, 5) is 23.5. The van der Waals surface area contributed by atoms with Crippen molar-refractivity contribution in [2.75, 3.05) is 13.2 Å². The Morgan fingerprint density at radius 2 is 2.04 bits per heavy atom. The number of rotatable bonds is 4. The number of hydrogen-bond donors (Lipinski definition) is 0. The number of pyridine rings is 2. The highest BCUT2D eigenvalue weighted by atomic mass is 16.5. The van der Waals surface area contributed by atoms with E-state index in [4.69, 9.17) is 4.74 Å². The zero-order valence-electron chi connectivity index (χ0n) is 15.0. The molecule has 0 unspecified atom stereocenters. The lowest BCUT2D eigenvalue weighted by Crippen LogP contribution is -2.43. The van der Waals surface area contributed by atoms with Gasteiger partial charge in [0.25, 0.3) is 5.91 Å². The van der Waals surface area contributed by atoms with Gasteiger partial charge < -0.3 is 9.64 Å². The molecule has 5 heterocycles. The van der Waals surface area contributed by atoms with Crippen LogP contribution in [0.25, 0.3) is 5.65 Å². The second-order valence-corrected chi connectivity index (χ2v) is 6.66. The van der Waals surface area contributed by atoms with Crippen LogP contribution in [0.5, 0.6) is 5.88 Å². The summed E-state index contributed by atoms with van der Waals surface area (Å²) >= 11 is 0. The third-order valence-electron chi connectivity index (χ3n) is 4.87. The summed E-state index contributed by atoms with van der Waals surface area (Å²) in [5.74, 6) is 0.496. The smallest absolute Gasteiger partial charge is 0.272 e. The van der Waals surface area contributed by atoms with Gasteiger partial charge >= 0.3 is 0 Å². The third-order valence-corrected chi connectivity index (χ3v) is 4.87. The Balaban J connectivity index is 1.40. The van der Waals surface area contributed by atoms with Crippen LogP contribution in [-0.2, 0) is 6.54 Å². The Morgan fingerprint density at radius 3 is 2.93 bits per heavy atom. The Kier molecular flexibility index (Phi) is 4.01. The van der Waals surface area contributed by atoms with Crippen LogP contribution in [0.2, 0.25) is 0 Å². The number of ether oxygens (including phenoxy) is 1. The van der Waals surface area contributed by atoms with E-state index >= 15 is 0 Å². The molecule has 0 saturated carbocycles. The zero-order valence-corrected chi connectivity index (χ0v) is 15.0. The van der Waals surface area contributed by atoms with Gasteiger partial charge in [0, 0.05) is 31.2 Å². The Bertz CT molecular complexity index is 1120. The van der Waals surface area contributed by atoms with Gasteiger partial charge in [0.2, 0.25) is 5.88 Å². The average molecular weight is 374 g/mol. The number of imidazole rings is 1. The van der Waals surface area contributed by atoms with Gasteiger partial charge in [-0.2, -0.15) is 5.10 Å². The van der Waals surface area contributed by atoms with Crippen molar-refractivity contribution >= 4 is 11.6 Å². The van der Waals surface area contributed by atoms with Gasteiger partial charge in [-0.1, -0.05) is 12.1 Å². The van der Waals surface area contributed by atoms with E-state index in [1.54, 1.807) is 18.6 Å². The molecule has 1 aliphatic rings. The Hall–Kier alpha value is -3.68. The van der Waals surface area contributed by atoms with Crippen molar-refractivity contribution in [3.8, 4) is 5.88 Å². The van der Waals surface area contributed by atoms with Gasteiger partial charge in [-0.05, 0) is 24.3 Å². The van der Waals surface area contributed by atoms with Crippen molar-refractivity contribution in [3.63, 3.8) is 0 Å². The van der Waals surface area contributed by atoms with E-state index < -0.39 is 0 Å². The summed E-state index contributed by atoms with van der Waals surface area (Å²) in [6.45, 7) is 1.38. The molecule has 0 bridgehead atoms. The van der Waals surface area contributed by atoms with Gasteiger partial charge in [0.05, 0.1) is 18.4 Å². The van der Waals surface area contributed by atoms with E-state index in [0.717, 1.165) is 11.3 Å². The van der Waals surface area contributed by atoms with E-state index in [1.165, 1.54) is 0 Å². The lowest BCUT2D eigenvalue weighted by atomic mass is 10.2. The van der Waals surface area contributed by atoms with Crippen LogP contribution in [0.15, 0.2) is 67.3 Å². The van der Waals surface area contributed by atoms with Gasteiger partial charge in [-0.3, -0.25) is 13.9 Å². The molecule has 4 aromatic rings. The molecule has 0 spiro atoms. The van der Waals surface area contributed by atoms with E-state index in [0.29, 0.717) is 31.3 Å². The SMILES string of the molecule is O=C(c1cnc2ccccn12)N1Cc2ccnn2[C@@H](COc2ccccn2)C1. The van der Waals surface area contributed by atoms with E-state index in [2.05, 4.69) is 15.1 Å². The van der Waals surface area contributed by atoms with Crippen molar-refractivity contribution in [2.24, 2.45) is 0 Å². The minimum absolute atomic E-state index is 0.0611. The molecule has 0 N–H and O–H groups in total. The minimum atomic E-state index is -0.0936. The first kappa shape index (κ1) is 16.5. The normalized spacial score (nSPS) is 16.1. The first-order chi connectivity index (χ1) is 13.8. The zero-order chi connectivity index (χ0) is 18.9. The van der Waals surface area contributed by atoms with Crippen molar-refractivity contribution in [3.05, 3.63) is 78.6 Å². The summed E-state index contributed by atoms with van der Waals surface area (Å²) in [6, 6.07) is 13.0. The number of carbonyl (C=O) groups excluding carboxylic acids is 1. The molecule has 0 fully saturated rings. The topological polar surface area (TPSA) is 77.6 Å². The van der Waals surface area contributed by atoms with Crippen LogP contribution in [0.3, 0.4) is 0 Å².